The van der Waals surface area contributed by atoms with Crippen LogP contribution in [0.5, 0.6) is 5.75 Å². The van der Waals surface area contributed by atoms with Crippen molar-refractivity contribution < 1.29 is 14.9 Å². The van der Waals surface area contributed by atoms with Crippen LogP contribution in [0.1, 0.15) is 22.6 Å². The first-order valence-electron chi connectivity index (χ1n) is 8.36. The summed E-state index contributed by atoms with van der Waals surface area (Å²) >= 11 is 0. The molecule has 0 unspecified atom stereocenters. The van der Waals surface area contributed by atoms with Crippen LogP contribution in [-0.2, 0) is 6.54 Å². The van der Waals surface area contributed by atoms with Gasteiger partial charge in [-0.05, 0) is 24.1 Å². The second-order valence-electron chi connectivity index (χ2n) is 6.44. The van der Waals surface area contributed by atoms with E-state index in [0.29, 0.717) is 6.54 Å². The molecule has 24 heavy (non-hydrogen) atoms. The van der Waals surface area contributed by atoms with Crippen molar-refractivity contribution in [2.45, 2.75) is 31.5 Å². The van der Waals surface area contributed by atoms with Gasteiger partial charge in [-0.1, -0.05) is 42.5 Å². The van der Waals surface area contributed by atoms with E-state index in [1.165, 1.54) is 5.56 Å². The van der Waals surface area contributed by atoms with Crippen LogP contribution in [0.4, 0.5) is 0 Å². The predicted molar refractivity (Wildman–Crippen MR) is 94.2 cm³/mol. The largest absolute Gasteiger partial charge is 0.496 e. The van der Waals surface area contributed by atoms with Gasteiger partial charge in [0.05, 0.1) is 25.9 Å². The summed E-state index contributed by atoms with van der Waals surface area (Å²) in [6.07, 6.45) is -0.578. The van der Waals surface area contributed by atoms with Crippen LogP contribution in [0, 0.1) is 6.92 Å². The molecule has 1 aliphatic heterocycles. The zero-order valence-electron chi connectivity index (χ0n) is 14.2. The molecular formula is C20H25NO3. The van der Waals surface area contributed by atoms with Crippen LogP contribution in [0.25, 0.3) is 0 Å². The van der Waals surface area contributed by atoms with E-state index in [1.54, 1.807) is 7.11 Å². The summed E-state index contributed by atoms with van der Waals surface area (Å²) in [6, 6.07) is 15.8. The van der Waals surface area contributed by atoms with E-state index in [4.69, 9.17) is 4.74 Å². The molecule has 1 aliphatic rings. The summed E-state index contributed by atoms with van der Waals surface area (Å²) in [5.41, 5.74) is 3.40. The van der Waals surface area contributed by atoms with Crippen LogP contribution in [-0.4, -0.2) is 47.5 Å². The molecule has 2 aromatic carbocycles. The standard InChI is InChI=1S/C20H25NO3/c1-14-7-3-5-9-16(14)17-12-21(18(13-22)20(17)23)11-15-8-4-6-10-19(15)24-2/h3-10,17-18,20,22-23H,11-13H2,1-2H3/t17-,18-,20-/m1/s1. The number of ether oxygens (including phenoxy) is 1. The fraction of sp³-hybridized carbons (Fsp3) is 0.400. The molecule has 3 rings (SSSR count). The van der Waals surface area contributed by atoms with Crippen LogP contribution < -0.4 is 4.74 Å². The number of aliphatic hydroxyl groups is 2. The molecule has 0 radical (unpaired) electrons. The zero-order valence-corrected chi connectivity index (χ0v) is 14.2. The van der Waals surface area contributed by atoms with Gasteiger partial charge in [-0.15, -0.1) is 0 Å². The van der Waals surface area contributed by atoms with E-state index >= 15 is 0 Å². The Hall–Kier alpha value is -1.88. The molecule has 3 atom stereocenters. The highest BCUT2D eigenvalue weighted by Gasteiger charge is 2.41. The molecule has 1 fully saturated rings. The summed E-state index contributed by atoms with van der Waals surface area (Å²) in [7, 11) is 1.66. The van der Waals surface area contributed by atoms with E-state index in [-0.39, 0.29) is 18.6 Å². The highest BCUT2D eigenvalue weighted by Crippen LogP contribution is 2.35. The number of hydrogen-bond acceptors (Lipinski definition) is 4. The SMILES string of the molecule is COc1ccccc1CN1C[C@H](c2ccccc2C)[C@@H](O)[C@H]1CO. The first-order chi connectivity index (χ1) is 11.7. The van der Waals surface area contributed by atoms with Crippen molar-refractivity contribution in [1.29, 1.82) is 0 Å². The second-order valence-corrected chi connectivity index (χ2v) is 6.44. The van der Waals surface area contributed by atoms with E-state index in [1.807, 2.05) is 36.4 Å². The average molecular weight is 327 g/mol. The second kappa shape index (κ2) is 7.34. The summed E-state index contributed by atoms with van der Waals surface area (Å²) in [5.74, 6) is 0.848. The Morgan fingerprint density at radius 3 is 2.54 bits per heavy atom. The Labute approximate surface area is 143 Å². The van der Waals surface area contributed by atoms with Crippen molar-refractivity contribution in [2.24, 2.45) is 0 Å². The number of rotatable bonds is 5. The smallest absolute Gasteiger partial charge is 0.123 e. The van der Waals surface area contributed by atoms with Gasteiger partial charge in [0.15, 0.2) is 0 Å². The average Bonchev–Trinajstić information content (AvgIpc) is 2.91. The lowest BCUT2D eigenvalue weighted by Gasteiger charge is -2.24. The molecule has 0 aliphatic carbocycles. The lowest BCUT2D eigenvalue weighted by molar-refractivity contribution is 0.0637. The zero-order chi connectivity index (χ0) is 17.1. The molecule has 4 nitrogen and oxygen atoms in total. The van der Waals surface area contributed by atoms with Gasteiger partial charge in [-0.25, -0.2) is 0 Å². The van der Waals surface area contributed by atoms with Gasteiger partial charge >= 0.3 is 0 Å². The molecule has 0 spiro atoms. The van der Waals surface area contributed by atoms with Crippen molar-refractivity contribution in [2.75, 3.05) is 20.3 Å². The van der Waals surface area contributed by atoms with E-state index in [0.717, 1.165) is 23.4 Å². The third-order valence-electron chi connectivity index (χ3n) is 5.05. The summed E-state index contributed by atoms with van der Waals surface area (Å²) < 4.78 is 5.43. The Bertz CT molecular complexity index is 688. The molecule has 128 valence electrons. The Kier molecular flexibility index (Phi) is 5.19. The molecule has 2 aromatic rings. The van der Waals surface area contributed by atoms with Crippen molar-refractivity contribution in [3.63, 3.8) is 0 Å². The van der Waals surface area contributed by atoms with Crippen molar-refractivity contribution in [3.05, 3.63) is 65.2 Å². The summed E-state index contributed by atoms with van der Waals surface area (Å²) in [6.45, 7) is 3.38. The summed E-state index contributed by atoms with van der Waals surface area (Å²) in [5, 5.41) is 20.6. The third-order valence-corrected chi connectivity index (χ3v) is 5.05. The maximum Gasteiger partial charge on any atom is 0.123 e. The quantitative estimate of drug-likeness (QED) is 0.885. The molecule has 4 heteroatoms. The van der Waals surface area contributed by atoms with Crippen LogP contribution in [0.3, 0.4) is 0 Å². The minimum Gasteiger partial charge on any atom is -0.496 e. The van der Waals surface area contributed by atoms with Gasteiger partial charge in [0, 0.05) is 24.6 Å². The highest BCUT2D eigenvalue weighted by molar-refractivity contribution is 5.35. The Balaban J connectivity index is 1.85. The van der Waals surface area contributed by atoms with Crippen molar-refractivity contribution in [1.82, 2.24) is 4.90 Å². The lowest BCUT2D eigenvalue weighted by Crippen LogP contribution is -2.38. The van der Waals surface area contributed by atoms with Gasteiger partial charge in [-0.3, -0.25) is 4.90 Å². The molecule has 1 saturated heterocycles. The first kappa shape index (κ1) is 17.0. The predicted octanol–water partition coefficient (Wildman–Crippen LogP) is 2.32. The van der Waals surface area contributed by atoms with E-state index < -0.39 is 6.10 Å². The van der Waals surface area contributed by atoms with Crippen LogP contribution in [0.15, 0.2) is 48.5 Å². The lowest BCUT2D eigenvalue weighted by atomic mass is 9.90. The highest BCUT2D eigenvalue weighted by atomic mass is 16.5. The molecule has 0 bridgehead atoms. The van der Waals surface area contributed by atoms with Gasteiger partial charge < -0.3 is 14.9 Å². The first-order valence-corrected chi connectivity index (χ1v) is 8.36. The number of likely N-dealkylation sites (tertiary alicyclic amines) is 1. The van der Waals surface area contributed by atoms with E-state index in [2.05, 4.69) is 24.0 Å². The molecule has 0 aromatic heterocycles. The number of hydrogen-bond donors (Lipinski definition) is 2. The molecule has 2 N–H and O–H groups in total. The van der Waals surface area contributed by atoms with Gasteiger partial charge in [-0.2, -0.15) is 0 Å². The Morgan fingerprint density at radius 1 is 1.12 bits per heavy atom. The molecule has 0 saturated carbocycles. The number of aryl methyl sites for hydroxylation is 1. The minimum atomic E-state index is -0.578. The molecular weight excluding hydrogens is 302 g/mol. The minimum absolute atomic E-state index is 0.0121. The molecule has 0 amide bonds. The third kappa shape index (κ3) is 3.18. The van der Waals surface area contributed by atoms with Crippen molar-refractivity contribution >= 4 is 0 Å². The monoisotopic (exact) mass is 327 g/mol. The van der Waals surface area contributed by atoms with Gasteiger partial charge in [0.2, 0.25) is 0 Å². The fourth-order valence-electron chi connectivity index (χ4n) is 3.72. The topological polar surface area (TPSA) is 52.9 Å². The van der Waals surface area contributed by atoms with Crippen LogP contribution in [0.2, 0.25) is 0 Å². The molecule has 1 heterocycles. The number of benzene rings is 2. The maximum atomic E-state index is 10.8. The Morgan fingerprint density at radius 2 is 1.83 bits per heavy atom. The number of para-hydroxylation sites is 1. The number of methoxy groups -OCH3 is 1. The van der Waals surface area contributed by atoms with E-state index in [9.17, 15) is 10.2 Å². The van der Waals surface area contributed by atoms with Gasteiger partial charge in [0.1, 0.15) is 5.75 Å². The number of nitrogens with zero attached hydrogens (tertiary/aromatic N) is 1. The maximum absolute atomic E-state index is 10.8. The van der Waals surface area contributed by atoms with Gasteiger partial charge in [0.25, 0.3) is 0 Å². The van der Waals surface area contributed by atoms with Crippen molar-refractivity contribution in [3.8, 4) is 5.75 Å². The normalized spacial score (nSPS) is 24.2. The van der Waals surface area contributed by atoms with Crippen LogP contribution >= 0.6 is 0 Å². The fourth-order valence-corrected chi connectivity index (χ4v) is 3.72. The summed E-state index contributed by atoms with van der Waals surface area (Å²) in [4.78, 5) is 2.15. The number of aliphatic hydroxyl groups excluding tert-OH is 2.